The zero-order valence-corrected chi connectivity index (χ0v) is 18.2. The van der Waals surface area contributed by atoms with Crippen LogP contribution in [0.3, 0.4) is 0 Å². The van der Waals surface area contributed by atoms with E-state index >= 15 is 0 Å². The molecule has 33 heavy (non-hydrogen) atoms. The van der Waals surface area contributed by atoms with E-state index < -0.39 is 72.6 Å². The van der Waals surface area contributed by atoms with Crippen molar-refractivity contribution in [2.24, 2.45) is 0 Å². The zero-order valence-electron chi connectivity index (χ0n) is 28.2. The van der Waals surface area contributed by atoms with Crippen LogP contribution in [0.2, 0.25) is 0 Å². The van der Waals surface area contributed by atoms with Gasteiger partial charge in [0, 0.05) is 45.9 Å². The van der Waals surface area contributed by atoms with Gasteiger partial charge in [-0.15, -0.1) is 0 Å². The third-order valence-corrected chi connectivity index (χ3v) is 4.45. The number of rotatable bonds is 9. The van der Waals surface area contributed by atoms with Crippen molar-refractivity contribution >= 4 is 28.1 Å². The molecule has 3 aromatic rings. The number of benzene rings is 2. The molecular formula is C26H27FN4O2. The number of nitriles is 1. The van der Waals surface area contributed by atoms with Gasteiger partial charge in [-0.05, 0) is 63.7 Å². The molecule has 0 bridgehead atoms. The van der Waals surface area contributed by atoms with Gasteiger partial charge in [0.1, 0.15) is 17.6 Å². The fourth-order valence-corrected chi connectivity index (χ4v) is 2.91. The van der Waals surface area contributed by atoms with Gasteiger partial charge in [0.25, 0.3) is 0 Å². The summed E-state index contributed by atoms with van der Waals surface area (Å²) in [5.74, 6) is -2.36. The van der Waals surface area contributed by atoms with E-state index in [4.69, 9.17) is 18.4 Å². The highest BCUT2D eigenvalue weighted by atomic mass is 19.1. The third kappa shape index (κ3) is 5.93. The minimum absolute atomic E-state index is 0.0719. The molecular weight excluding hydrogens is 419 g/mol. The van der Waals surface area contributed by atoms with Crippen LogP contribution in [-0.2, 0) is 11.2 Å². The lowest BCUT2D eigenvalue weighted by atomic mass is 10.0. The number of likely N-dealkylation sites (N-methyl/N-ethyl adjacent to an activating group) is 1. The van der Waals surface area contributed by atoms with Gasteiger partial charge in [-0.1, -0.05) is 6.05 Å². The normalized spacial score (nSPS) is 17.0. The minimum atomic E-state index is -3.41. The molecule has 1 N–H and O–H groups in total. The molecule has 0 unspecified atom stereocenters. The van der Waals surface area contributed by atoms with Crippen LogP contribution in [0.15, 0.2) is 48.6 Å². The van der Waals surface area contributed by atoms with Crippen molar-refractivity contribution in [2.75, 3.05) is 32.5 Å². The van der Waals surface area contributed by atoms with Crippen LogP contribution in [0.5, 0.6) is 5.75 Å². The second-order valence-corrected chi connectivity index (χ2v) is 7.30. The maximum absolute atomic E-state index is 13.9. The Bertz CT molecular complexity index is 1680. The van der Waals surface area contributed by atoms with Crippen LogP contribution in [0.4, 0.5) is 15.8 Å². The minimum Gasteiger partial charge on any atom is -0.494 e. The van der Waals surface area contributed by atoms with E-state index in [2.05, 4.69) is 10.3 Å². The number of ketones is 1. The van der Waals surface area contributed by atoms with Crippen LogP contribution in [0, 0.1) is 24.1 Å². The Labute approximate surface area is 207 Å². The number of hydrogen-bond acceptors (Lipinski definition) is 6. The number of nitrogens with one attached hydrogen (secondary N) is 1. The van der Waals surface area contributed by atoms with Crippen molar-refractivity contribution in [1.29, 1.82) is 5.26 Å². The number of aryl methyl sites for hydroxylation is 1. The lowest BCUT2D eigenvalue weighted by Gasteiger charge is -2.15. The fraction of sp³-hybridized carbons (Fsp3) is 0.269. The van der Waals surface area contributed by atoms with Crippen molar-refractivity contribution in [3.63, 3.8) is 0 Å². The molecule has 0 amide bonds. The van der Waals surface area contributed by atoms with Crippen molar-refractivity contribution in [1.82, 2.24) is 9.88 Å². The van der Waals surface area contributed by atoms with Crippen LogP contribution in [-0.4, -0.2) is 42.9 Å². The molecule has 0 atom stereocenters. The lowest BCUT2D eigenvalue weighted by molar-refractivity contribution is -0.114. The van der Waals surface area contributed by atoms with Gasteiger partial charge in [-0.3, -0.25) is 9.78 Å². The van der Waals surface area contributed by atoms with E-state index in [1.54, 1.807) is 25.1 Å². The Kier molecular flexibility index (Phi) is 4.45. The van der Waals surface area contributed by atoms with E-state index in [0.717, 1.165) is 6.07 Å². The number of fused-ring (bicyclic) bond motifs is 1. The monoisotopic (exact) mass is 456 g/mol. The Morgan fingerprint density at radius 3 is 3.00 bits per heavy atom. The Hall–Kier alpha value is -3.76. The number of ether oxygens (including phenoxy) is 1. The predicted molar refractivity (Wildman–Crippen MR) is 128 cm³/mol. The maximum atomic E-state index is 13.9. The summed E-state index contributed by atoms with van der Waals surface area (Å²) in [6.07, 6.45) is -1.52. The molecule has 0 aliphatic rings. The molecule has 7 heteroatoms. The van der Waals surface area contributed by atoms with Gasteiger partial charge in [0.2, 0.25) is 0 Å². The van der Waals surface area contributed by atoms with Gasteiger partial charge in [0.15, 0.2) is 5.78 Å². The molecule has 0 aliphatic carbocycles. The standard InChI is InChI=1S/C26H27FN4O2/c1-5-33-25-14-24-22(13-18(25)12-21(32)7-6-10-31(3)4)26(19(15-28)16-29-24)30-20-8-9-23(27)17(2)11-20/h6-9,11,13-14,16H,5,10,12H2,1-4H3,(H,29,30)/b7-6+/i1D3,5D2,6D,7D,13D,14D,16D. The van der Waals surface area contributed by atoms with E-state index in [9.17, 15) is 14.4 Å². The Morgan fingerprint density at radius 2 is 2.30 bits per heavy atom. The molecule has 0 saturated carbocycles. The molecule has 0 saturated heterocycles. The SMILES string of the molecule is [2H]/C(CN(C)C)=C(/[2H])C(=O)Cc1c(OC([2H])([2H])C([2H])([2H])[2H])c([2H])c2nc([2H])c(C#N)c(Nc3ccc(F)c(C)c3)c2c1[2H]. The summed E-state index contributed by atoms with van der Waals surface area (Å²) in [4.78, 5) is 18.6. The predicted octanol–water partition coefficient (Wildman–Crippen LogP) is 4.93. The van der Waals surface area contributed by atoms with Gasteiger partial charge < -0.3 is 15.0 Å². The molecule has 2 aromatic carbocycles. The second kappa shape index (κ2) is 10.7. The summed E-state index contributed by atoms with van der Waals surface area (Å²) in [5, 5.41) is 12.4. The first kappa shape index (κ1) is 13.7. The van der Waals surface area contributed by atoms with Crippen LogP contribution < -0.4 is 10.1 Å². The third-order valence-electron chi connectivity index (χ3n) is 4.45. The highest BCUT2D eigenvalue weighted by molar-refractivity contribution is 5.98. The first-order valence-electron chi connectivity index (χ1n) is 14.7. The molecule has 0 fully saturated rings. The molecule has 1 heterocycles. The molecule has 6 nitrogen and oxygen atoms in total. The number of carbonyl (C=O) groups is 1. The summed E-state index contributed by atoms with van der Waals surface area (Å²) in [5.41, 5.74) is -1.04. The van der Waals surface area contributed by atoms with Gasteiger partial charge in [-0.2, -0.15) is 5.26 Å². The summed E-state index contributed by atoms with van der Waals surface area (Å²) < 4.78 is 99.9. The smallest absolute Gasteiger partial charge is 0.159 e. The van der Waals surface area contributed by atoms with Crippen molar-refractivity contribution in [2.45, 2.75) is 20.2 Å². The number of hydrogen-bond donors (Lipinski definition) is 1. The number of allylic oxidation sites excluding steroid dienone is 1. The molecule has 0 radical (unpaired) electrons. The highest BCUT2D eigenvalue weighted by Gasteiger charge is 2.16. The Balaban J connectivity index is 2.41. The number of carbonyl (C=O) groups excluding carboxylic acids is 1. The number of nitrogens with zero attached hydrogens (tertiary/aromatic N) is 3. The molecule has 0 spiro atoms. The molecule has 0 aliphatic heterocycles. The average Bonchev–Trinajstić information content (AvgIpc) is 2.89. The number of pyridine rings is 1. The molecule has 170 valence electrons. The fourth-order valence-electron chi connectivity index (χ4n) is 2.91. The topological polar surface area (TPSA) is 78.2 Å². The second-order valence-electron chi connectivity index (χ2n) is 7.30. The van der Waals surface area contributed by atoms with Crippen molar-refractivity contribution in [3.05, 3.63) is 71.1 Å². The Morgan fingerprint density at radius 1 is 1.48 bits per heavy atom. The number of halogens is 1. The van der Waals surface area contributed by atoms with Gasteiger partial charge in [-0.25, -0.2) is 4.39 Å². The van der Waals surface area contributed by atoms with Crippen LogP contribution >= 0.6 is 0 Å². The maximum Gasteiger partial charge on any atom is 0.159 e. The van der Waals surface area contributed by atoms with Gasteiger partial charge >= 0.3 is 0 Å². The number of anilines is 2. The van der Waals surface area contributed by atoms with E-state index in [0.29, 0.717) is 0 Å². The average molecular weight is 457 g/mol. The van der Waals surface area contributed by atoms with E-state index in [1.807, 2.05) is 0 Å². The van der Waals surface area contributed by atoms with Gasteiger partial charge in [0.05, 0.1) is 32.9 Å². The first-order valence-corrected chi connectivity index (χ1v) is 9.73. The summed E-state index contributed by atoms with van der Waals surface area (Å²) in [6.45, 7) is -5.37. The zero-order chi connectivity index (χ0) is 32.6. The quantitative estimate of drug-likeness (QED) is 0.460. The lowest BCUT2D eigenvalue weighted by Crippen LogP contribution is -2.11. The van der Waals surface area contributed by atoms with E-state index in [-0.39, 0.29) is 40.5 Å². The highest BCUT2D eigenvalue weighted by Crippen LogP contribution is 2.34. The van der Waals surface area contributed by atoms with Crippen LogP contribution in [0.25, 0.3) is 10.9 Å². The van der Waals surface area contributed by atoms with Crippen molar-refractivity contribution in [3.8, 4) is 11.8 Å². The van der Waals surface area contributed by atoms with Crippen LogP contribution in [0.1, 0.15) is 37.2 Å². The van der Waals surface area contributed by atoms with E-state index in [1.165, 1.54) is 19.1 Å². The number of aromatic nitrogens is 1. The summed E-state index contributed by atoms with van der Waals surface area (Å²) in [7, 11) is 3.23. The largest absolute Gasteiger partial charge is 0.494 e. The first-order chi connectivity index (χ1) is 19.8. The molecule has 3 rings (SSSR count). The summed E-state index contributed by atoms with van der Waals surface area (Å²) >= 11 is 0. The van der Waals surface area contributed by atoms with Crippen molar-refractivity contribution < 1.29 is 27.6 Å². The molecule has 1 aromatic heterocycles. The summed E-state index contributed by atoms with van der Waals surface area (Å²) in [6, 6.07) is 3.15.